The van der Waals surface area contributed by atoms with Gasteiger partial charge in [-0.1, -0.05) is 6.92 Å². The Labute approximate surface area is 139 Å². The van der Waals surface area contributed by atoms with E-state index in [4.69, 9.17) is 0 Å². The van der Waals surface area contributed by atoms with Gasteiger partial charge in [-0.15, -0.1) is 0 Å². The van der Waals surface area contributed by atoms with Gasteiger partial charge in [0.2, 0.25) is 5.91 Å². The van der Waals surface area contributed by atoms with Crippen molar-refractivity contribution in [3.05, 3.63) is 0 Å². The van der Waals surface area contributed by atoms with Gasteiger partial charge in [0.15, 0.2) is 0 Å². The Hall–Kier alpha value is -0.850. The van der Waals surface area contributed by atoms with E-state index in [0.29, 0.717) is 0 Å². The number of rotatable bonds is 7. The van der Waals surface area contributed by atoms with Crippen molar-refractivity contribution < 1.29 is 40.5 Å². The first kappa shape index (κ1) is 21.2. The van der Waals surface area contributed by atoms with Crippen LogP contribution in [0.3, 0.4) is 0 Å². The number of aliphatic hydroxyl groups is 7. The van der Waals surface area contributed by atoms with Crippen LogP contribution in [0.15, 0.2) is 0 Å². The van der Waals surface area contributed by atoms with Crippen LogP contribution in [-0.4, -0.2) is 103 Å². The van der Waals surface area contributed by atoms with Crippen molar-refractivity contribution in [1.29, 1.82) is 0 Å². The van der Waals surface area contributed by atoms with Crippen molar-refractivity contribution in [2.24, 2.45) is 0 Å². The Morgan fingerprint density at radius 2 is 1.42 bits per heavy atom. The number of nitrogens with one attached hydrogen (secondary N) is 2. The van der Waals surface area contributed by atoms with E-state index in [9.17, 15) is 40.5 Å². The Balaban J connectivity index is 2.78. The Bertz CT molecular complexity index is 394. The maximum Gasteiger partial charge on any atom is 0.220 e. The molecule has 1 aliphatic carbocycles. The molecule has 9 N–H and O–H groups in total. The first-order valence-corrected chi connectivity index (χ1v) is 7.91. The highest BCUT2D eigenvalue weighted by atomic mass is 16.4. The molecule has 1 fully saturated rings. The van der Waals surface area contributed by atoms with Gasteiger partial charge >= 0.3 is 0 Å². The summed E-state index contributed by atoms with van der Waals surface area (Å²) in [6, 6.07) is -2.14. The minimum absolute atomic E-state index is 0.154. The highest BCUT2D eigenvalue weighted by molar-refractivity contribution is 5.75. The summed E-state index contributed by atoms with van der Waals surface area (Å²) in [7, 11) is 0. The van der Waals surface area contributed by atoms with Gasteiger partial charge in [-0.05, 0) is 6.92 Å². The van der Waals surface area contributed by atoms with Gasteiger partial charge in [0.1, 0.15) is 36.6 Å². The molecule has 0 heterocycles. The lowest BCUT2D eigenvalue weighted by molar-refractivity contribution is -0.190. The van der Waals surface area contributed by atoms with Gasteiger partial charge in [-0.3, -0.25) is 4.79 Å². The molecular weight excluding hydrogens is 324 g/mol. The molecule has 1 saturated carbocycles. The van der Waals surface area contributed by atoms with Gasteiger partial charge in [0, 0.05) is 13.0 Å². The lowest BCUT2D eigenvalue weighted by Crippen LogP contribution is -2.69. The number of hydrogen-bond donors (Lipinski definition) is 9. The number of carbonyl (C=O) groups excluding carboxylic acids is 1. The van der Waals surface area contributed by atoms with Crippen molar-refractivity contribution in [3.63, 3.8) is 0 Å². The van der Waals surface area contributed by atoms with Crippen LogP contribution in [0.2, 0.25) is 0 Å². The summed E-state index contributed by atoms with van der Waals surface area (Å²) in [5, 5.41) is 73.4. The molecule has 0 aliphatic heterocycles. The van der Waals surface area contributed by atoms with Crippen LogP contribution < -0.4 is 10.6 Å². The summed E-state index contributed by atoms with van der Waals surface area (Å²) < 4.78 is 0. The topological polar surface area (TPSA) is 183 Å². The fraction of sp³-hybridized carbons (Fsp3) is 0.929. The van der Waals surface area contributed by atoms with Crippen molar-refractivity contribution >= 4 is 5.91 Å². The molecule has 7 unspecified atom stereocenters. The van der Waals surface area contributed by atoms with Gasteiger partial charge in [-0.25, -0.2) is 0 Å². The molecule has 0 saturated heterocycles. The third-order valence-electron chi connectivity index (χ3n) is 4.28. The molecule has 0 radical (unpaired) electrons. The van der Waals surface area contributed by atoms with E-state index in [1.807, 2.05) is 0 Å². The average molecular weight is 352 g/mol. The molecule has 1 amide bonds. The van der Waals surface area contributed by atoms with Crippen LogP contribution in [0.25, 0.3) is 0 Å². The molecular formula is C14H28N2O8. The molecule has 1 rings (SSSR count). The van der Waals surface area contributed by atoms with Gasteiger partial charge in [0.25, 0.3) is 0 Å². The number of carbonyl (C=O) groups is 1. The fourth-order valence-electron chi connectivity index (χ4n) is 2.64. The van der Waals surface area contributed by atoms with Crippen molar-refractivity contribution in [2.45, 2.75) is 75.1 Å². The largest absolute Gasteiger partial charge is 0.391 e. The predicted octanol–water partition coefficient (Wildman–Crippen LogP) is -4.60. The van der Waals surface area contributed by atoms with E-state index in [-0.39, 0.29) is 18.9 Å². The third-order valence-corrected chi connectivity index (χ3v) is 4.28. The van der Waals surface area contributed by atoms with Crippen molar-refractivity contribution in [2.75, 3.05) is 6.54 Å². The standard InChI is InChI=1S/C14H28N2O8/c1-3-7(18)16-6(9(19)5(2)17)4-15-8-10(20)12(22)14(24)13(23)11(8)21/h5-6,8-15,17,19-24H,3-4H2,1-2H3,(H,16,18). The summed E-state index contributed by atoms with van der Waals surface area (Å²) in [6.45, 7) is 2.79. The highest BCUT2D eigenvalue weighted by Gasteiger charge is 2.48. The summed E-state index contributed by atoms with van der Waals surface area (Å²) in [5.41, 5.74) is 0. The molecule has 0 bridgehead atoms. The van der Waals surface area contributed by atoms with E-state index < -0.39 is 54.8 Å². The molecule has 10 heteroatoms. The van der Waals surface area contributed by atoms with Gasteiger partial charge < -0.3 is 46.4 Å². The number of amides is 1. The normalized spacial score (nSPS) is 37.5. The maximum absolute atomic E-state index is 11.5. The molecule has 24 heavy (non-hydrogen) atoms. The van der Waals surface area contributed by atoms with Gasteiger partial charge in [0.05, 0.1) is 18.2 Å². The van der Waals surface area contributed by atoms with Gasteiger partial charge in [-0.2, -0.15) is 0 Å². The zero-order valence-corrected chi connectivity index (χ0v) is 13.6. The quantitative estimate of drug-likeness (QED) is 0.218. The molecule has 1 aliphatic rings. The minimum atomic E-state index is -1.70. The Morgan fingerprint density at radius 3 is 1.83 bits per heavy atom. The Kier molecular flexibility index (Phi) is 7.96. The highest BCUT2D eigenvalue weighted by Crippen LogP contribution is 2.21. The second-order valence-electron chi connectivity index (χ2n) is 6.15. The second kappa shape index (κ2) is 9.02. The number of aliphatic hydroxyl groups excluding tert-OH is 7. The molecule has 0 aromatic carbocycles. The monoisotopic (exact) mass is 352 g/mol. The molecule has 0 aromatic rings. The summed E-state index contributed by atoms with van der Waals surface area (Å²) in [5.74, 6) is -0.373. The summed E-state index contributed by atoms with van der Waals surface area (Å²) >= 11 is 0. The van der Waals surface area contributed by atoms with Crippen LogP contribution in [-0.2, 0) is 4.79 Å². The SMILES string of the molecule is CCC(=O)NC(CNC1C(O)C(O)C(O)C(O)C1O)C(O)C(C)O. The third kappa shape index (κ3) is 4.83. The first-order valence-electron chi connectivity index (χ1n) is 7.91. The lowest BCUT2D eigenvalue weighted by Gasteiger charge is -2.43. The molecule has 142 valence electrons. The van der Waals surface area contributed by atoms with Crippen LogP contribution in [0, 0.1) is 0 Å². The molecule has 0 spiro atoms. The maximum atomic E-state index is 11.5. The van der Waals surface area contributed by atoms with Crippen LogP contribution in [0.5, 0.6) is 0 Å². The van der Waals surface area contributed by atoms with Crippen LogP contribution in [0.4, 0.5) is 0 Å². The minimum Gasteiger partial charge on any atom is -0.391 e. The zero-order chi connectivity index (χ0) is 18.6. The van der Waals surface area contributed by atoms with E-state index in [1.54, 1.807) is 6.92 Å². The van der Waals surface area contributed by atoms with Crippen LogP contribution >= 0.6 is 0 Å². The van der Waals surface area contributed by atoms with Crippen molar-refractivity contribution in [3.8, 4) is 0 Å². The van der Waals surface area contributed by atoms with E-state index in [1.165, 1.54) is 6.92 Å². The predicted molar refractivity (Wildman–Crippen MR) is 81.7 cm³/mol. The fourth-order valence-corrected chi connectivity index (χ4v) is 2.64. The lowest BCUT2D eigenvalue weighted by atomic mass is 9.83. The zero-order valence-electron chi connectivity index (χ0n) is 13.6. The van der Waals surface area contributed by atoms with E-state index in [2.05, 4.69) is 10.6 Å². The Morgan fingerprint density at radius 1 is 0.958 bits per heavy atom. The smallest absolute Gasteiger partial charge is 0.220 e. The molecule has 10 nitrogen and oxygen atoms in total. The second-order valence-corrected chi connectivity index (χ2v) is 6.15. The van der Waals surface area contributed by atoms with Crippen LogP contribution in [0.1, 0.15) is 20.3 Å². The number of hydrogen-bond acceptors (Lipinski definition) is 9. The average Bonchev–Trinajstić information content (AvgIpc) is 2.55. The van der Waals surface area contributed by atoms with E-state index >= 15 is 0 Å². The molecule has 0 aromatic heterocycles. The van der Waals surface area contributed by atoms with Crippen molar-refractivity contribution in [1.82, 2.24) is 10.6 Å². The van der Waals surface area contributed by atoms with E-state index in [0.717, 1.165) is 0 Å². The summed E-state index contributed by atoms with van der Waals surface area (Å²) in [4.78, 5) is 11.5. The molecule has 7 atom stereocenters. The first-order chi connectivity index (χ1) is 11.1. The summed E-state index contributed by atoms with van der Waals surface area (Å²) in [6.07, 6.45) is -10.5.